The van der Waals surface area contributed by atoms with Crippen molar-refractivity contribution in [2.24, 2.45) is 5.41 Å². The van der Waals surface area contributed by atoms with Gasteiger partial charge >= 0.3 is 0 Å². The molecule has 182 valence electrons. The number of sulfonamides is 1. The number of aromatic nitrogens is 2. The van der Waals surface area contributed by atoms with Crippen molar-refractivity contribution in [1.29, 1.82) is 0 Å². The van der Waals surface area contributed by atoms with E-state index >= 15 is 0 Å². The molecule has 1 atom stereocenters. The lowest BCUT2D eigenvalue weighted by Crippen LogP contribution is -2.41. The van der Waals surface area contributed by atoms with Crippen molar-refractivity contribution in [2.75, 3.05) is 11.8 Å². The van der Waals surface area contributed by atoms with Crippen LogP contribution in [0.2, 0.25) is 0 Å². The SMILES string of the molecule is CO[C@H]1CC[C@@H](c2[nH]nc(C(=O)N[C@@H](C)C(C)(C)C)c2NS(=O)(=O)c2ccc(C)cc2)CC1. The highest BCUT2D eigenvalue weighted by Crippen LogP contribution is 2.38. The average Bonchev–Trinajstić information content (AvgIpc) is 3.16. The fourth-order valence-corrected chi connectivity index (χ4v) is 4.99. The molecule has 0 radical (unpaired) electrons. The summed E-state index contributed by atoms with van der Waals surface area (Å²) < 4.78 is 34.5. The zero-order valence-electron chi connectivity index (χ0n) is 20.4. The van der Waals surface area contributed by atoms with Crippen LogP contribution >= 0.6 is 0 Å². The van der Waals surface area contributed by atoms with Gasteiger partial charge in [0.05, 0.1) is 16.7 Å². The first-order valence-corrected chi connectivity index (χ1v) is 12.9. The molecule has 2 aromatic rings. The maximum atomic E-state index is 13.2. The average molecular weight is 477 g/mol. The number of hydrogen-bond donors (Lipinski definition) is 3. The van der Waals surface area contributed by atoms with Gasteiger partial charge < -0.3 is 10.1 Å². The number of nitrogens with one attached hydrogen (secondary N) is 3. The number of hydrogen-bond acceptors (Lipinski definition) is 5. The lowest BCUT2D eigenvalue weighted by atomic mass is 9.84. The minimum Gasteiger partial charge on any atom is -0.381 e. The maximum Gasteiger partial charge on any atom is 0.274 e. The Morgan fingerprint density at radius 3 is 2.30 bits per heavy atom. The molecule has 9 heteroatoms. The topological polar surface area (TPSA) is 113 Å². The van der Waals surface area contributed by atoms with Crippen LogP contribution in [0.25, 0.3) is 0 Å². The van der Waals surface area contributed by atoms with Crippen LogP contribution in [-0.2, 0) is 14.8 Å². The van der Waals surface area contributed by atoms with Crippen LogP contribution < -0.4 is 10.0 Å². The number of aryl methyl sites for hydroxylation is 1. The second-order valence-electron chi connectivity index (χ2n) is 10.0. The predicted octanol–water partition coefficient (Wildman–Crippen LogP) is 4.36. The zero-order valence-corrected chi connectivity index (χ0v) is 21.2. The Kier molecular flexibility index (Phi) is 7.53. The molecule has 0 aliphatic heterocycles. The molecule has 1 fully saturated rings. The van der Waals surface area contributed by atoms with Gasteiger partial charge in [-0.1, -0.05) is 38.5 Å². The highest BCUT2D eigenvalue weighted by atomic mass is 32.2. The highest BCUT2D eigenvalue weighted by Gasteiger charge is 2.32. The number of H-pyrrole nitrogens is 1. The minimum absolute atomic E-state index is 0.0567. The van der Waals surface area contributed by atoms with Gasteiger partial charge in [-0.2, -0.15) is 5.10 Å². The van der Waals surface area contributed by atoms with E-state index in [4.69, 9.17) is 4.74 Å². The molecule has 1 aromatic heterocycles. The summed E-state index contributed by atoms with van der Waals surface area (Å²) in [6.45, 7) is 9.91. The molecule has 1 heterocycles. The molecule has 0 unspecified atom stereocenters. The van der Waals surface area contributed by atoms with Gasteiger partial charge in [-0.25, -0.2) is 8.42 Å². The van der Waals surface area contributed by atoms with Crippen molar-refractivity contribution in [3.05, 3.63) is 41.2 Å². The predicted molar refractivity (Wildman–Crippen MR) is 129 cm³/mol. The Balaban J connectivity index is 1.96. The van der Waals surface area contributed by atoms with Gasteiger partial charge in [0, 0.05) is 19.1 Å². The molecular formula is C24H36N4O4S. The number of carbonyl (C=O) groups is 1. The molecule has 0 spiro atoms. The molecule has 0 bridgehead atoms. The Hall–Kier alpha value is -2.39. The third-order valence-electron chi connectivity index (χ3n) is 6.64. The maximum absolute atomic E-state index is 13.2. The number of rotatable bonds is 7. The van der Waals surface area contributed by atoms with Crippen molar-refractivity contribution in [1.82, 2.24) is 15.5 Å². The summed E-state index contributed by atoms with van der Waals surface area (Å²) in [5.74, 6) is -0.353. The summed E-state index contributed by atoms with van der Waals surface area (Å²) in [7, 11) is -2.19. The number of methoxy groups -OCH3 is 1. The first-order chi connectivity index (χ1) is 15.4. The summed E-state index contributed by atoms with van der Waals surface area (Å²) in [6.07, 6.45) is 3.57. The van der Waals surface area contributed by atoms with Crippen molar-refractivity contribution < 1.29 is 17.9 Å². The largest absolute Gasteiger partial charge is 0.381 e. The Morgan fingerprint density at radius 1 is 1.15 bits per heavy atom. The summed E-state index contributed by atoms with van der Waals surface area (Å²) in [6, 6.07) is 6.47. The molecule has 1 aliphatic rings. The first-order valence-electron chi connectivity index (χ1n) is 11.4. The Bertz CT molecular complexity index is 1060. The van der Waals surface area contributed by atoms with E-state index in [1.165, 1.54) is 0 Å². The monoisotopic (exact) mass is 476 g/mol. The third kappa shape index (κ3) is 5.95. The summed E-state index contributed by atoms with van der Waals surface area (Å²) in [5, 5.41) is 10.2. The van der Waals surface area contributed by atoms with Gasteiger partial charge in [0.1, 0.15) is 5.69 Å². The lowest BCUT2D eigenvalue weighted by molar-refractivity contribution is 0.0655. The van der Waals surface area contributed by atoms with Crippen LogP contribution in [0.5, 0.6) is 0 Å². The molecule has 0 saturated heterocycles. The minimum atomic E-state index is -3.90. The number of anilines is 1. The fraction of sp³-hybridized carbons (Fsp3) is 0.583. The van der Waals surface area contributed by atoms with Crippen LogP contribution in [-0.4, -0.2) is 43.8 Å². The van der Waals surface area contributed by atoms with E-state index in [2.05, 4.69) is 20.2 Å². The zero-order chi connectivity index (χ0) is 24.4. The number of benzene rings is 1. The summed E-state index contributed by atoms with van der Waals surface area (Å²) in [4.78, 5) is 13.3. The highest BCUT2D eigenvalue weighted by molar-refractivity contribution is 7.92. The molecule has 33 heavy (non-hydrogen) atoms. The second kappa shape index (κ2) is 9.85. The Morgan fingerprint density at radius 2 is 1.76 bits per heavy atom. The van der Waals surface area contributed by atoms with Gasteiger partial charge in [-0.3, -0.25) is 14.6 Å². The molecule has 1 aromatic carbocycles. The van der Waals surface area contributed by atoms with E-state index < -0.39 is 15.9 Å². The fourth-order valence-electron chi connectivity index (χ4n) is 3.90. The van der Waals surface area contributed by atoms with Crippen molar-refractivity contribution in [2.45, 2.75) is 83.3 Å². The lowest BCUT2D eigenvalue weighted by Gasteiger charge is -2.28. The smallest absolute Gasteiger partial charge is 0.274 e. The van der Waals surface area contributed by atoms with E-state index in [-0.39, 0.29) is 39.8 Å². The van der Waals surface area contributed by atoms with E-state index in [0.717, 1.165) is 31.2 Å². The Labute approximate surface area is 196 Å². The quantitative estimate of drug-likeness (QED) is 0.550. The molecule has 1 amide bonds. The summed E-state index contributed by atoms with van der Waals surface area (Å²) >= 11 is 0. The molecule has 8 nitrogen and oxygen atoms in total. The number of nitrogens with zero attached hydrogens (tertiary/aromatic N) is 1. The number of amides is 1. The van der Waals surface area contributed by atoms with E-state index in [1.54, 1.807) is 31.4 Å². The van der Waals surface area contributed by atoms with Gasteiger partial charge in [0.15, 0.2) is 5.69 Å². The third-order valence-corrected chi connectivity index (χ3v) is 8.01. The van der Waals surface area contributed by atoms with E-state index in [9.17, 15) is 13.2 Å². The standard InChI is InChI=1S/C24H36N4O4S/c1-15-7-13-19(14-8-15)33(30,31)28-21-20(17-9-11-18(32-6)12-10-17)26-27-22(21)23(29)25-16(2)24(3,4)5/h7-8,13-14,16-18,28H,9-12H2,1-6H3,(H,25,29)(H,26,27)/t16-,17-,18+/m0/s1. The van der Waals surface area contributed by atoms with Crippen molar-refractivity contribution >= 4 is 21.6 Å². The van der Waals surface area contributed by atoms with Gasteiger partial charge in [0.25, 0.3) is 15.9 Å². The van der Waals surface area contributed by atoms with Crippen molar-refractivity contribution in [3.8, 4) is 0 Å². The van der Waals surface area contributed by atoms with Crippen LogP contribution in [0.4, 0.5) is 5.69 Å². The molecule has 3 rings (SSSR count). The molecule has 1 aliphatic carbocycles. The second-order valence-corrected chi connectivity index (χ2v) is 11.7. The molecule has 1 saturated carbocycles. The van der Waals surface area contributed by atoms with Gasteiger partial charge in [0.2, 0.25) is 0 Å². The van der Waals surface area contributed by atoms with Gasteiger partial charge in [-0.15, -0.1) is 0 Å². The van der Waals surface area contributed by atoms with Crippen LogP contribution in [0, 0.1) is 12.3 Å². The number of aromatic amines is 1. The number of carbonyl (C=O) groups excluding carboxylic acids is 1. The van der Waals surface area contributed by atoms with E-state index in [1.807, 2.05) is 34.6 Å². The van der Waals surface area contributed by atoms with Gasteiger partial charge in [-0.05, 0) is 57.1 Å². The van der Waals surface area contributed by atoms with Crippen LogP contribution in [0.3, 0.4) is 0 Å². The normalized spacial score (nSPS) is 20.3. The van der Waals surface area contributed by atoms with Crippen LogP contribution in [0.15, 0.2) is 29.2 Å². The van der Waals surface area contributed by atoms with E-state index in [0.29, 0.717) is 5.69 Å². The number of ether oxygens (including phenoxy) is 1. The van der Waals surface area contributed by atoms with Crippen LogP contribution in [0.1, 0.15) is 81.0 Å². The molecular weight excluding hydrogens is 440 g/mol. The summed E-state index contributed by atoms with van der Waals surface area (Å²) in [5.41, 5.74) is 1.74. The first kappa shape index (κ1) is 25.2. The molecule has 3 N–H and O–H groups in total. The van der Waals surface area contributed by atoms with Crippen molar-refractivity contribution in [3.63, 3.8) is 0 Å².